The molecule has 0 fully saturated rings. The lowest BCUT2D eigenvalue weighted by Crippen LogP contribution is -2.41. The number of nitrogens with zero attached hydrogens (tertiary/aromatic N) is 1. The zero-order valence-corrected chi connectivity index (χ0v) is 12.8. The highest BCUT2D eigenvalue weighted by molar-refractivity contribution is 7.89. The number of halogens is 3. The molecule has 2 rings (SSSR count). The Morgan fingerprint density at radius 3 is 2.40 bits per heavy atom. The average molecular weight is 375 g/mol. The second kappa shape index (κ2) is 6.86. The van der Waals surface area contributed by atoms with Crippen molar-refractivity contribution in [2.24, 2.45) is 0 Å². The number of non-ortho nitro benzene ring substituents is 1. The van der Waals surface area contributed by atoms with Crippen molar-refractivity contribution < 1.29 is 31.3 Å². The van der Waals surface area contributed by atoms with Crippen molar-refractivity contribution in [2.75, 3.05) is 0 Å². The highest BCUT2D eigenvalue weighted by Gasteiger charge is 2.24. The van der Waals surface area contributed by atoms with Gasteiger partial charge in [-0.15, -0.1) is 4.83 Å². The molecular weight excluding hydrogens is 367 g/mol. The molecular formula is C13H8F3N3O5S. The number of nitro groups is 1. The molecule has 0 aliphatic heterocycles. The molecule has 2 N–H and O–H groups in total. The van der Waals surface area contributed by atoms with Crippen LogP contribution in [0.4, 0.5) is 18.9 Å². The quantitative estimate of drug-likeness (QED) is 0.468. The van der Waals surface area contributed by atoms with E-state index >= 15 is 0 Å². The fourth-order valence-corrected chi connectivity index (χ4v) is 2.63. The molecule has 0 spiro atoms. The third-order valence-corrected chi connectivity index (χ3v) is 4.17. The molecule has 2 aromatic carbocycles. The molecule has 0 saturated heterocycles. The van der Waals surface area contributed by atoms with Crippen LogP contribution in [0.3, 0.4) is 0 Å². The van der Waals surface area contributed by atoms with Gasteiger partial charge >= 0.3 is 0 Å². The van der Waals surface area contributed by atoms with Crippen LogP contribution in [-0.4, -0.2) is 19.2 Å². The predicted molar refractivity (Wildman–Crippen MR) is 77.2 cm³/mol. The molecule has 0 atom stereocenters. The minimum Gasteiger partial charge on any atom is -0.273 e. The molecule has 132 valence electrons. The Morgan fingerprint density at radius 2 is 1.76 bits per heavy atom. The van der Waals surface area contributed by atoms with Crippen LogP contribution >= 0.6 is 0 Å². The van der Waals surface area contributed by atoms with Crippen molar-refractivity contribution in [3.05, 3.63) is 69.5 Å². The van der Waals surface area contributed by atoms with E-state index in [4.69, 9.17) is 0 Å². The van der Waals surface area contributed by atoms with E-state index in [0.29, 0.717) is 12.1 Å². The van der Waals surface area contributed by atoms with Crippen molar-refractivity contribution in [3.8, 4) is 0 Å². The van der Waals surface area contributed by atoms with Crippen LogP contribution in [0, 0.1) is 27.6 Å². The van der Waals surface area contributed by atoms with Gasteiger partial charge in [0, 0.05) is 17.7 Å². The highest BCUT2D eigenvalue weighted by Crippen LogP contribution is 2.19. The standard InChI is InChI=1S/C13H8F3N3O5S/c14-9-4-5-10(12(16)11(9)15)25(23,24)18-17-13(20)7-2-1-3-8(6-7)19(21)22/h1-6,18H,(H,17,20). The Labute approximate surface area is 138 Å². The molecule has 0 bridgehead atoms. The fourth-order valence-electron chi connectivity index (χ4n) is 1.72. The zero-order valence-electron chi connectivity index (χ0n) is 12.0. The van der Waals surface area contributed by atoms with Crippen LogP contribution < -0.4 is 10.3 Å². The molecule has 0 heterocycles. The second-order valence-electron chi connectivity index (χ2n) is 4.54. The first-order chi connectivity index (χ1) is 11.6. The number of benzene rings is 2. The lowest BCUT2D eigenvalue weighted by atomic mass is 10.2. The normalized spacial score (nSPS) is 11.2. The molecule has 12 heteroatoms. The van der Waals surface area contributed by atoms with Gasteiger partial charge in [-0.1, -0.05) is 6.07 Å². The van der Waals surface area contributed by atoms with Crippen LogP contribution in [0.5, 0.6) is 0 Å². The van der Waals surface area contributed by atoms with Crippen LogP contribution in [0.25, 0.3) is 0 Å². The van der Waals surface area contributed by atoms with E-state index in [1.165, 1.54) is 10.9 Å². The van der Waals surface area contributed by atoms with Crippen LogP contribution in [-0.2, 0) is 10.0 Å². The number of amides is 1. The molecule has 25 heavy (non-hydrogen) atoms. The molecule has 0 unspecified atom stereocenters. The number of nitro benzene ring substituents is 1. The van der Waals surface area contributed by atoms with Crippen molar-refractivity contribution in [3.63, 3.8) is 0 Å². The van der Waals surface area contributed by atoms with Gasteiger partial charge in [-0.2, -0.15) is 0 Å². The third kappa shape index (κ3) is 3.92. The number of rotatable bonds is 5. The monoisotopic (exact) mass is 375 g/mol. The summed E-state index contributed by atoms with van der Waals surface area (Å²) in [5.41, 5.74) is 1.01. The molecule has 1 amide bonds. The lowest BCUT2D eigenvalue weighted by molar-refractivity contribution is -0.384. The number of hydrogen-bond donors (Lipinski definition) is 2. The number of nitrogens with one attached hydrogen (secondary N) is 2. The molecule has 0 aromatic heterocycles. The number of carbonyl (C=O) groups is 1. The Hall–Kier alpha value is -2.99. The molecule has 0 radical (unpaired) electrons. The van der Waals surface area contributed by atoms with E-state index in [0.717, 1.165) is 18.2 Å². The maximum absolute atomic E-state index is 13.5. The summed E-state index contributed by atoms with van der Waals surface area (Å²) in [6, 6.07) is 5.20. The molecule has 0 aliphatic carbocycles. The van der Waals surface area contributed by atoms with Crippen molar-refractivity contribution in [2.45, 2.75) is 4.90 Å². The van der Waals surface area contributed by atoms with Gasteiger partial charge in [-0.05, 0) is 18.2 Å². The number of hydrazine groups is 1. The topological polar surface area (TPSA) is 118 Å². The Kier molecular flexibility index (Phi) is 5.04. The first kappa shape index (κ1) is 18.4. The summed E-state index contributed by atoms with van der Waals surface area (Å²) in [6.07, 6.45) is 0. The van der Waals surface area contributed by atoms with Gasteiger partial charge in [0.2, 0.25) is 0 Å². The largest absolute Gasteiger partial charge is 0.273 e. The smallest absolute Gasteiger partial charge is 0.270 e. The first-order valence-corrected chi connectivity index (χ1v) is 7.82. The summed E-state index contributed by atoms with van der Waals surface area (Å²) in [4.78, 5) is 21.9. The average Bonchev–Trinajstić information content (AvgIpc) is 2.57. The maximum atomic E-state index is 13.5. The van der Waals surface area contributed by atoms with Crippen molar-refractivity contribution in [1.29, 1.82) is 0 Å². The SMILES string of the molecule is O=C(NNS(=O)(=O)c1ccc(F)c(F)c1F)c1cccc([N+](=O)[O-])c1. The minimum atomic E-state index is -4.76. The second-order valence-corrected chi connectivity index (χ2v) is 6.19. The summed E-state index contributed by atoms with van der Waals surface area (Å²) in [5.74, 6) is -6.63. The van der Waals surface area contributed by atoms with E-state index in [1.807, 2.05) is 0 Å². The van der Waals surface area contributed by atoms with E-state index < -0.39 is 48.9 Å². The van der Waals surface area contributed by atoms with Gasteiger partial charge in [0.15, 0.2) is 17.5 Å². The Morgan fingerprint density at radius 1 is 1.08 bits per heavy atom. The van der Waals surface area contributed by atoms with Gasteiger partial charge in [-0.25, -0.2) is 21.6 Å². The van der Waals surface area contributed by atoms with E-state index in [-0.39, 0.29) is 5.56 Å². The van der Waals surface area contributed by atoms with E-state index in [9.17, 15) is 36.5 Å². The summed E-state index contributed by atoms with van der Waals surface area (Å²) < 4.78 is 63.2. The summed E-state index contributed by atoms with van der Waals surface area (Å²) in [7, 11) is -4.76. The third-order valence-electron chi connectivity index (χ3n) is 2.91. The lowest BCUT2D eigenvalue weighted by Gasteiger charge is -2.09. The molecule has 0 saturated carbocycles. The Bertz CT molecular complexity index is 965. The van der Waals surface area contributed by atoms with Gasteiger partial charge in [0.1, 0.15) is 4.90 Å². The summed E-state index contributed by atoms with van der Waals surface area (Å²) in [6.45, 7) is 0. The highest BCUT2D eigenvalue weighted by atomic mass is 32.2. The van der Waals surface area contributed by atoms with Crippen LogP contribution in [0.1, 0.15) is 10.4 Å². The molecule has 0 aliphatic rings. The zero-order chi connectivity index (χ0) is 18.8. The van der Waals surface area contributed by atoms with Crippen LogP contribution in [0.15, 0.2) is 41.3 Å². The summed E-state index contributed by atoms with van der Waals surface area (Å²) in [5, 5.41) is 10.6. The van der Waals surface area contributed by atoms with Gasteiger partial charge in [0.25, 0.3) is 21.6 Å². The van der Waals surface area contributed by atoms with Gasteiger partial charge < -0.3 is 0 Å². The number of hydrogen-bond acceptors (Lipinski definition) is 5. The van der Waals surface area contributed by atoms with E-state index in [2.05, 4.69) is 0 Å². The van der Waals surface area contributed by atoms with Gasteiger partial charge in [0.05, 0.1) is 4.92 Å². The Balaban J connectivity index is 2.20. The summed E-state index contributed by atoms with van der Waals surface area (Å²) >= 11 is 0. The van der Waals surface area contributed by atoms with Crippen molar-refractivity contribution >= 4 is 21.6 Å². The fraction of sp³-hybridized carbons (Fsp3) is 0. The first-order valence-electron chi connectivity index (χ1n) is 6.33. The molecule has 2 aromatic rings. The van der Waals surface area contributed by atoms with Crippen molar-refractivity contribution in [1.82, 2.24) is 10.3 Å². The molecule has 8 nitrogen and oxygen atoms in total. The van der Waals surface area contributed by atoms with Crippen LogP contribution in [0.2, 0.25) is 0 Å². The van der Waals surface area contributed by atoms with Gasteiger partial charge in [-0.3, -0.25) is 20.3 Å². The maximum Gasteiger partial charge on any atom is 0.270 e. The van der Waals surface area contributed by atoms with E-state index in [1.54, 1.807) is 5.43 Å². The number of sulfonamides is 1. The number of carbonyl (C=O) groups excluding carboxylic acids is 1. The minimum absolute atomic E-state index is 0.261. The predicted octanol–water partition coefficient (Wildman–Crippen LogP) is 1.64.